The van der Waals surface area contributed by atoms with E-state index in [1.54, 1.807) is 12.1 Å². The van der Waals surface area contributed by atoms with Gasteiger partial charge in [0.1, 0.15) is 0 Å². The summed E-state index contributed by atoms with van der Waals surface area (Å²) in [5.74, 6) is 0. The third-order valence-electron chi connectivity index (χ3n) is 1.70. The molecule has 1 atom stereocenters. The van der Waals surface area contributed by atoms with Crippen molar-refractivity contribution in [3.63, 3.8) is 0 Å². The molecule has 0 bridgehead atoms. The molecule has 1 aromatic carbocycles. The van der Waals surface area contributed by atoms with E-state index in [-0.39, 0.29) is 5.38 Å². The van der Waals surface area contributed by atoms with Gasteiger partial charge >= 0.3 is 0 Å². The molecule has 0 saturated heterocycles. The van der Waals surface area contributed by atoms with Crippen molar-refractivity contribution in [3.05, 3.63) is 46.5 Å². The maximum atomic E-state index is 5.97. The highest BCUT2D eigenvalue weighted by Crippen LogP contribution is 2.27. The molecule has 0 nitrogen and oxygen atoms in total. The first-order chi connectivity index (χ1) is 6.15. The smallest absolute Gasteiger partial charge is 0.0624 e. The third kappa shape index (κ3) is 2.91. The number of alkyl halides is 1. The first-order valence-electron chi connectivity index (χ1n) is 3.84. The predicted octanol–water partition coefficient (Wildman–Crippen LogP) is 4.33. The third-order valence-corrected chi connectivity index (χ3v) is 2.89. The van der Waals surface area contributed by atoms with E-state index in [2.05, 4.69) is 6.58 Å². The van der Waals surface area contributed by atoms with E-state index in [1.165, 1.54) is 0 Å². The molecule has 0 aliphatic rings. The van der Waals surface area contributed by atoms with Gasteiger partial charge in [-0.25, -0.2) is 0 Å². The van der Waals surface area contributed by atoms with Gasteiger partial charge in [0.2, 0.25) is 0 Å². The summed E-state index contributed by atoms with van der Waals surface area (Å²) >= 11 is 17.7. The van der Waals surface area contributed by atoms with E-state index in [1.807, 2.05) is 12.1 Å². The Kier molecular flexibility index (Phi) is 4.11. The monoisotopic (exact) mass is 234 g/mol. The maximum Gasteiger partial charge on any atom is 0.0624 e. The van der Waals surface area contributed by atoms with E-state index >= 15 is 0 Å². The average molecular weight is 236 g/mol. The summed E-state index contributed by atoms with van der Waals surface area (Å²) in [7, 11) is 0. The van der Waals surface area contributed by atoms with Gasteiger partial charge in [-0.05, 0) is 18.1 Å². The number of allylic oxidation sites excluding steroid dienone is 1. The van der Waals surface area contributed by atoms with Crippen LogP contribution in [0.1, 0.15) is 5.56 Å². The fourth-order valence-corrected chi connectivity index (χ4v) is 1.56. The van der Waals surface area contributed by atoms with Crippen molar-refractivity contribution in [2.45, 2.75) is 11.8 Å². The number of halogens is 3. The summed E-state index contributed by atoms with van der Waals surface area (Å²) in [5, 5.41) is 1.04. The minimum absolute atomic E-state index is 0.101. The molecule has 0 saturated carbocycles. The second kappa shape index (κ2) is 4.90. The van der Waals surface area contributed by atoms with Gasteiger partial charge in [-0.1, -0.05) is 41.4 Å². The molecule has 1 aromatic rings. The number of hydrogen-bond donors (Lipinski definition) is 0. The van der Waals surface area contributed by atoms with E-state index in [0.717, 1.165) is 5.56 Å². The van der Waals surface area contributed by atoms with E-state index in [4.69, 9.17) is 34.8 Å². The Morgan fingerprint density at radius 1 is 1.38 bits per heavy atom. The molecule has 3 heteroatoms. The summed E-state index contributed by atoms with van der Waals surface area (Å²) in [6.45, 7) is 3.60. The molecule has 1 unspecified atom stereocenters. The fraction of sp³-hybridized carbons (Fsp3) is 0.200. The van der Waals surface area contributed by atoms with Crippen molar-refractivity contribution in [3.8, 4) is 0 Å². The Bertz CT molecular complexity index is 307. The zero-order valence-electron chi connectivity index (χ0n) is 6.93. The van der Waals surface area contributed by atoms with Gasteiger partial charge in [0.05, 0.1) is 15.4 Å². The Hall–Kier alpha value is -0.170. The molecule has 0 heterocycles. The van der Waals surface area contributed by atoms with Gasteiger partial charge in [-0.2, -0.15) is 0 Å². The molecule has 0 fully saturated rings. The zero-order valence-corrected chi connectivity index (χ0v) is 9.20. The van der Waals surface area contributed by atoms with Crippen LogP contribution in [0.3, 0.4) is 0 Å². The molecular weight excluding hydrogens is 226 g/mol. The normalized spacial score (nSPS) is 12.5. The van der Waals surface area contributed by atoms with Crippen molar-refractivity contribution in [1.82, 2.24) is 0 Å². The molecule has 13 heavy (non-hydrogen) atoms. The molecule has 70 valence electrons. The number of rotatable bonds is 3. The standard InChI is InChI=1S/C10H9Cl3/c1-2-8(11)6-7-4-3-5-9(12)10(7)13/h2-5,8H,1,6H2. The van der Waals surface area contributed by atoms with Gasteiger partial charge in [0.25, 0.3) is 0 Å². The molecule has 0 radical (unpaired) electrons. The number of hydrogen-bond acceptors (Lipinski definition) is 0. The largest absolute Gasteiger partial charge is 0.118 e. The van der Waals surface area contributed by atoms with Crippen LogP contribution < -0.4 is 0 Å². The summed E-state index contributed by atoms with van der Waals surface area (Å²) in [6.07, 6.45) is 2.34. The first-order valence-corrected chi connectivity index (χ1v) is 5.04. The van der Waals surface area contributed by atoms with E-state index in [0.29, 0.717) is 16.5 Å². The average Bonchev–Trinajstić information content (AvgIpc) is 2.13. The molecule has 0 amide bonds. The molecule has 1 rings (SSSR count). The van der Waals surface area contributed by atoms with Crippen LogP contribution in [0.2, 0.25) is 10.0 Å². The van der Waals surface area contributed by atoms with E-state index in [9.17, 15) is 0 Å². The van der Waals surface area contributed by atoms with Crippen molar-refractivity contribution in [2.75, 3.05) is 0 Å². The summed E-state index contributed by atoms with van der Waals surface area (Å²) in [5.41, 5.74) is 0.953. The lowest BCUT2D eigenvalue weighted by Crippen LogP contribution is -1.99. The molecule has 0 aromatic heterocycles. The highest BCUT2D eigenvalue weighted by Gasteiger charge is 2.07. The predicted molar refractivity (Wildman–Crippen MR) is 60.0 cm³/mol. The highest BCUT2D eigenvalue weighted by molar-refractivity contribution is 6.42. The summed E-state index contributed by atoms with van der Waals surface area (Å²) in [4.78, 5) is 0. The summed E-state index contributed by atoms with van der Waals surface area (Å²) in [6, 6.07) is 5.52. The molecular formula is C10H9Cl3. The van der Waals surface area contributed by atoms with Gasteiger partial charge in [0, 0.05) is 0 Å². The Morgan fingerprint density at radius 3 is 2.69 bits per heavy atom. The zero-order chi connectivity index (χ0) is 9.84. The van der Waals surface area contributed by atoms with Gasteiger partial charge in [-0.15, -0.1) is 18.2 Å². The Morgan fingerprint density at radius 2 is 2.08 bits per heavy atom. The van der Waals surface area contributed by atoms with Gasteiger partial charge in [0.15, 0.2) is 0 Å². The van der Waals surface area contributed by atoms with Crippen LogP contribution in [0.15, 0.2) is 30.9 Å². The fourth-order valence-electron chi connectivity index (χ4n) is 1.000. The van der Waals surface area contributed by atoms with Gasteiger partial charge < -0.3 is 0 Å². The Balaban J connectivity index is 2.88. The van der Waals surface area contributed by atoms with Crippen LogP contribution >= 0.6 is 34.8 Å². The SMILES string of the molecule is C=CC(Cl)Cc1cccc(Cl)c1Cl. The second-order valence-electron chi connectivity index (χ2n) is 2.67. The van der Waals surface area contributed by atoms with Crippen LogP contribution in [0, 0.1) is 0 Å². The van der Waals surface area contributed by atoms with Crippen molar-refractivity contribution in [1.29, 1.82) is 0 Å². The topological polar surface area (TPSA) is 0 Å². The molecule has 0 spiro atoms. The van der Waals surface area contributed by atoms with E-state index < -0.39 is 0 Å². The summed E-state index contributed by atoms with van der Waals surface area (Å²) < 4.78 is 0. The molecule has 0 aliphatic carbocycles. The minimum atomic E-state index is -0.101. The van der Waals surface area contributed by atoms with Crippen molar-refractivity contribution >= 4 is 34.8 Å². The Labute approximate surface area is 93.1 Å². The van der Waals surface area contributed by atoms with Crippen LogP contribution in [0.5, 0.6) is 0 Å². The van der Waals surface area contributed by atoms with Crippen LogP contribution in [-0.4, -0.2) is 5.38 Å². The molecule has 0 aliphatic heterocycles. The highest BCUT2D eigenvalue weighted by atomic mass is 35.5. The van der Waals surface area contributed by atoms with Crippen LogP contribution in [-0.2, 0) is 6.42 Å². The maximum absolute atomic E-state index is 5.97. The number of benzene rings is 1. The lowest BCUT2D eigenvalue weighted by Gasteiger charge is -2.07. The lowest BCUT2D eigenvalue weighted by molar-refractivity contribution is 1.01. The van der Waals surface area contributed by atoms with Gasteiger partial charge in [-0.3, -0.25) is 0 Å². The van der Waals surface area contributed by atoms with Crippen molar-refractivity contribution in [2.24, 2.45) is 0 Å². The van der Waals surface area contributed by atoms with Crippen LogP contribution in [0.25, 0.3) is 0 Å². The second-order valence-corrected chi connectivity index (χ2v) is 4.01. The quantitative estimate of drug-likeness (QED) is 0.540. The lowest BCUT2D eigenvalue weighted by atomic mass is 10.1. The minimum Gasteiger partial charge on any atom is -0.118 e. The van der Waals surface area contributed by atoms with Crippen molar-refractivity contribution < 1.29 is 0 Å². The molecule has 0 N–H and O–H groups in total. The first kappa shape index (κ1) is 10.9. The van der Waals surface area contributed by atoms with Crippen LogP contribution in [0.4, 0.5) is 0 Å².